The summed E-state index contributed by atoms with van der Waals surface area (Å²) in [5.74, 6) is 1.02. The lowest BCUT2D eigenvalue weighted by Crippen LogP contribution is -2.48. The van der Waals surface area contributed by atoms with Crippen molar-refractivity contribution in [1.82, 2.24) is 19.7 Å². The number of aliphatic hydroxyl groups excluding tert-OH is 1. The highest BCUT2D eigenvalue weighted by Gasteiger charge is 2.23. The normalized spacial score (nSPS) is 16.9. The van der Waals surface area contributed by atoms with Gasteiger partial charge in [-0.05, 0) is 18.8 Å². The summed E-state index contributed by atoms with van der Waals surface area (Å²) in [6.45, 7) is 15.7. The SMILES string of the molecule is CCCN(CCC)C(=O)c1coc(CN2CCN(C[C@H](O)COCC(C)C)CC2)n1. The van der Waals surface area contributed by atoms with Gasteiger partial charge in [0.25, 0.3) is 5.91 Å². The second-order valence-corrected chi connectivity index (χ2v) is 8.58. The molecule has 2 heterocycles. The second kappa shape index (κ2) is 13.0. The van der Waals surface area contributed by atoms with Gasteiger partial charge in [0.1, 0.15) is 6.26 Å². The van der Waals surface area contributed by atoms with Crippen LogP contribution in [0.3, 0.4) is 0 Å². The number of amides is 1. The number of hydrogen-bond donors (Lipinski definition) is 1. The fourth-order valence-corrected chi connectivity index (χ4v) is 3.61. The van der Waals surface area contributed by atoms with Crippen molar-refractivity contribution in [3.63, 3.8) is 0 Å². The molecule has 172 valence electrons. The Bertz CT molecular complexity index is 608. The molecule has 30 heavy (non-hydrogen) atoms. The Kier molecular flexibility index (Phi) is 10.8. The summed E-state index contributed by atoms with van der Waals surface area (Å²) >= 11 is 0. The molecule has 1 saturated heterocycles. The van der Waals surface area contributed by atoms with E-state index in [4.69, 9.17) is 9.15 Å². The van der Waals surface area contributed by atoms with Gasteiger partial charge in [0.15, 0.2) is 5.69 Å². The van der Waals surface area contributed by atoms with Gasteiger partial charge >= 0.3 is 0 Å². The van der Waals surface area contributed by atoms with Crippen LogP contribution < -0.4 is 0 Å². The summed E-state index contributed by atoms with van der Waals surface area (Å²) in [4.78, 5) is 23.5. The van der Waals surface area contributed by atoms with Crippen molar-refractivity contribution in [3.05, 3.63) is 17.8 Å². The van der Waals surface area contributed by atoms with Crippen molar-refractivity contribution in [2.45, 2.75) is 53.2 Å². The molecule has 1 atom stereocenters. The third-order valence-electron chi connectivity index (χ3n) is 5.10. The van der Waals surface area contributed by atoms with Crippen LogP contribution in [0.1, 0.15) is 56.9 Å². The van der Waals surface area contributed by atoms with Gasteiger partial charge < -0.3 is 19.2 Å². The van der Waals surface area contributed by atoms with E-state index in [1.54, 1.807) is 0 Å². The lowest BCUT2D eigenvalue weighted by atomic mass is 10.2. The van der Waals surface area contributed by atoms with Crippen LogP contribution in [0.4, 0.5) is 0 Å². The molecule has 0 radical (unpaired) electrons. The van der Waals surface area contributed by atoms with E-state index in [0.29, 0.717) is 43.8 Å². The Morgan fingerprint density at radius 1 is 1.17 bits per heavy atom. The van der Waals surface area contributed by atoms with Crippen LogP contribution in [0.5, 0.6) is 0 Å². The van der Waals surface area contributed by atoms with E-state index in [1.165, 1.54) is 6.26 Å². The number of carbonyl (C=O) groups is 1. The van der Waals surface area contributed by atoms with E-state index >= 15 is 0 Å². The van der Waals surface area contributed by atoms with Crippen molar-refractivity contribution in [2.75, 3.05) is 59.0 Å². The van der Waals surface area contributed by atoms with Gasteiger partial charge in [-0.2, -0.15) is 0 Å². The Morgan fingerprint density at radius 3 is 2.40 bits per heavy atom. The third kappa shape index (κ3) is 8.34. The molecular weight excluding hydrogens is 384 g/mol. The lowest BCUT2D eigenvalue weighted by Gasteiger charge is -2.34. The zero-order chi connectivity index (χ0) is 21.9. The molecule has 2 rings (SSSR count). The Labute approximate surface area is 181 Å². The lowest BCUT2D eigenvalue weighted by molar-refractivity contribution is -0.000850. The fourth-order valence-electron chi connectivity index (χ4n) is 3.61. The van der Waals surface area contributed by atoms with E-state index < -0.39 is 6.10 Å². The summed E-state index contributed by atoms with van der Waals surface area (Å²) < 4.78 is 11.1. The molecule has 8 heteroatoms. The van der Waals surface area contributed by atoms with Crippen LogP contribution in [0.2, 0.25) is 0 Å². The first-order valence-electron chi connectivity index (χ1n) is 11.4. The summed E-state index contributed by atoms with van der Waals surface area (Å²) in [7, 11) is 0. The quantitative estimate of drug-likeness (QED) is 0.519. The van der Waals surface area contributed by atoms with Gasteiger partial charge in [0.05, 0.1) is 19.3 Å². The maximum absolute atomic E-state index is 12.6. The average molecular weight is 425 g/mol. The zero-order valence-corrected chi connectivity index (χ0v) is 19.2. The molecule has 1 aliphatic rings. The molecule has 1 aromatic rings. The standard InChI is InChI=1S/C22H40N4O4/c1-5-7-26(8-6-2)22(28)20-17-30-21(23-20)14-25-11-9-24(10-12-25)13-19(27)16-29-15-18(3)4/h17-19,27H,5-16H2,1-4H3/t19-/m0/s1. The highest BCUT2D eigenvalue weighted by atomic mass is 16.5. The molecule has 0 bridgehead atoms. The Balaban J connectivity index is 1.74. The van der Waals surface area contributed by atoms with Crippen LogP contribution in [-0.2, 0) is 11.3 Å². The highest BCUT2D eigenvalue weighted by molar-refractivity contribution is 5.91. The molecule has 0 spiro atoms. The van der Waals surface area contributed by atoms with Gasteiger partial charge in [-0.25, -0.2) is 4.98 Å². The number of piperazine rings is 1. The molecule has 1 aromatic heterocycles. The highest BCUT2D eigenvalue weighted by Crippen LogP contribution is 2.12. The molecule has 0 unspecified atom stereocenters. The first kappa shape index (κ1) is 24.8. The first-order valence-corrected chi connectivity index (χ1v) is 11.4. The summed E-state index contributed by atoms with van der Waals surface area (Å²) in [5, 5.41) is 10.2. The minimum Gasteiger partial charge on any atom is -0.447 e. The number of nitrogens with zero attached hydrogens (tertiary/aromatic N) is 4. The van der Waals surface area contributed by atoms with Gasteiger partial charge in [-0.3, -0.25) is 14.6 Å². The average Bonchev–Trinajstić information content (AvgIpc) is 3.17. The number of aliphatic hydroxyl groups is 1. The van der Waals surface area contributed by atoms with Crippen LogP contribution >= 0.6 is 0 Å². The largest absolute Gasteiger partial charge is 0.447 e. The minimum absolute atomic E-state index is 0.0489. The summed E-state index contributed by atoms with van der Waals surface area (Å²) in [5.41, 5.74) is 0.398. The maximum Gasteiger partial charge on any atom is 0.275 e. The van der Waals surface area contributed by atoms with Crippen LogP contribution in [0, 0.1) is 5.92 Å². The number of aromatic nitrogens is 1. The molecule has 8 nitrogen and oxygen atoms in total. The van der Waals surface area contributed by atoms with Crippen molar-refractivity contribution in [3.8, 4) is 0 Å². The molecule has 1 fully saturated rings. The molecule has 0 aliphatic carbocycles. The van der Waals surface area contributed by atoms with Crippen LogP contribution in [-0.4, -0.2) is 95.8 Å². The Morgan fingerprint density at radius 2 is 1.80 bits per heavy atom. The molecule has 1 amide bonds. The topological polar surface area (TPSA) is 82.3 Å². The Hall–Kier alpha value is -1.48. The summed E-state index contributed by atoms with van der Waals surface area (Å²) in [6, 6.07) is 0. The monoisotopic (exact) mass is 424 g/mol. The molecular formula is C22H40N4O4. The maximum atomic E-state index is 12.6. The second-order valence-electron chi connectivity index (χ2n) is 8.58. The van der Waals surface area contributed by atoms with Crippen molar-refractivity contribution >= 4 is 5.91 Å². The molecule has 0 aromatic carbocycles. The van der Waals surface area contributed by atoms with E-state index in [9.17, 15) is 9.90 Å². The van der Waals surface area contributed by atoms with E-state index in [1.807, 2.05) is 4.90 Å². The van der Waals surface area contributed by atoms with Gasteiger partial charge in [-0.1, -0.05) is 27.7 Å². The number of oxazole rings is 1. The number of rotatable bonds is 13. The molecule has 1 N–H and O–H groups in total. The predicted molar refractivity (Wildman–Crippen MR) is 116 cm³/mol. The number of β-amino-alcohol motifs (C(OH)–C–C–N with tert-alkyl or cyclic N) is 1. The minimum atomic E-state index is -0.454. The van der Waals surface area contributed by atoms with Gasteiger partial charge in [0.2, 0.25) is 5.89 Å². The summed E-state index contributed by atoms with van der Waals surface area (Å²) in [6.07, 6.45) is 2.89. The molecule has 0 saturated carbocycles. The fraction of sp³-hybridized carbons (Fsp3) is 0.818. The first-order chi connectivity index (χ1) is 14.4. The van der Waals surface area contributed by atoms with Gasteiger partial charge in [-0.15, -0.1) is 0 Å². The van der Waals surface area contributed by atoms with Crippen molar-refractivity contribution in [2.24, 2.45) is 5.92 Å². The van der Waals surface area contributed by atoms with Crippen LogP contribution in [0.25, 0.3) is 0 Å². The number of carbonyl (C=O) groups excluding carboxylic acids is 1. The van der Waals surface area contributed by atoms with E-state index in [0.717, 1.165) is 52.1 Å². The predicted octanol–water partition coefficient (Wildman–Crippen LogP) is 2.09. The molecule has 1 aliphatic heterocycles. The van der Waals surface area contributed by atoms with Crippen LogP contribution in [0.15, 0.2) is 10.7 Å². The van der Waals surface area contributed by atoms with E-state index in [-0.39, 0.29) is 5.91 Å². The van der Waals surface area contributed by atoms with Gasteiger partial charge in [0, 0.05) is 52.4 Å². The third-order valence-corrected chi connectivity index (χ3v) is 5.10. The van der Waals surface area contributed by atoms with Crippen molar-refractivity contribution in [1.29, 1.82) is 0 Å². The van der Waals surface area contributed by atoms with E-state index in [2.05, 4.69) is 42.5 Å². The number of ether oxygens (including phenoxy) is 1. The van der Waals surface area contributed by atoms with Crippen molar-refractivity contribution < 1.29 is 19.1 Å². The zero-order valence-electron chi connectivity index (χ0n) is 19.2. The number of hydrogen-bond acceptors (Lipinski definition) is 7. The smallest absolute Gasteiger partial charge is 0.275 e.